The van der Waals surface area contributed by atoms with Crippen LogP contribution < -0.4 is 10.1 Å². The van der Waals surface area contributed by atoms with Gasteiger partial charge in [0.15, 0.2) is 0 Å². The molecule has 5 heteroatoms. The Morgan fingerprint density at radius 2 is 1.95 bits per heavy atom. The molecule has 0 saturated carbocycles. The summed E-state index contributed by atoms with van der Waals surface area (Å²) in [6.45, 7) is 0.576. The average molecular weight is 273 g/mol. The van der Waals surface area contributed by atoms with Crippen LogP contribution >= 0.6 is 0 Å². The van der Waals surface area contributed by atoms with Crippen LogP contribution in [0.25, 0.3) is 0 Å². The van der Waals surface area contributed by atoms with Crippen molar-refractivity contribution in [1.82, 2.24) is 15.3 Å². The fourth-order valence-electron chi connectivity index (χ4n) is 1.99. The summed E-state index contributed by atoms with van der Waals surface area (Å²) in [6.07, 6.45) is 3.99. The van der Waals surface area contributed by atoms with Gasteiger partial charge in [0.25, 0.3) is 0 Å². The van der Waals surface area contributed by atoms with Gasteiger partial charge in [0.05, 0.1) is 13.7 Å². The highest BCUT2D eigenvalue weighted by Gasteiger charge is 2.11. The highest BCUT2D eigenvalue weighted by atomic mass is 16.5. The molecule has 1 heterocycles. The molecule has 2 aromatic rings. The maximum atomic E-state index is 9.46. The number of ether oxygens (including phenoxy) is 1. The van der Waals surface area contributed by atoms with Crippen molar-refractivity contribution in [3.63, 3.8) is 0 Å². The minimum absolute atomic E-state index is 0.0240. The lowest BCUT2D eigenvalue weighted by Crippen LogP contribution is -2.34. The van der Waals surface area contributed by atoms with Gasteiger partial charge in [-0.15, -0.1) is 0 Å². The standard InChI is InChI=1S/C15H19N3O2/c1-20-15-14(16-7-8-17-15)10-18-13(11-19)9-12-5-3-2-4-6-12/h2-8,13,18-19H,9-11H2,1H3/t13-/m1/s1. The van der Waals surface area contributed by atoms with Gasteiger partial charge in [-0.05, 0) is 12.0 Å². The Kier molecular flexibility index (Phi) is 5.46. The number of aliphatic hydroxyl groups excluding tert-OH is 1. The van der Waals surface area contributed by atoms with Crippen LogP contribution in [0.1, 0.15) is 11.3 Å². The third-order valence-electron chi connectivity index (χ3n) is 3.03. The van der Waals surface area contributed by atoms with Crippen molar-refractivity contribution in [2.24, 2.45) is 0 Å². The Labute approximate surface area is 118 Å². The summed E-state index contributed by atoms with van der Waals surface area (Å²) in [5.74, 6) is 0.511. The quantitative estimate of drug-likeness (QED) is 0.793. The molecule has 1 aromatic heterocycles. The molecule has 20 heavy (non-hydrogen) atoms. The predicted molar refractivity (Wildman–Crippen MR) is 76.4 cm³/mol. The Balaban J connectivity index is 1.94. The van der Waals surface area contributed by atoms with Crippen LogP contribution in [0, 0.1) is 0 Å². The summed E-state index contributed by atoms with van der Waals surface area (Å²) >= 11 is 0. The first-order chi connectivity index (χ1) is 9.83. The van der Waals surface area contributed by atoms with E-state index in [1.165, 1.54) is 5.56 Å². The second kappa shape index (κ2) is 7.57. The van der Waals surface area contributed by atoms with Gasteiger partial charge >= 0.3 is 0 Å². The Hall–Kier alpha value is -1.98. The maximum Gasteiger partial charge on any atom is 0.236 e. The SMILES string of the molecule is COc1nccnc1CN[C@@H](CO)Cc1ccccc1. The molecule has 0 aliphatic rings. The third kappa shape index (κ3) is 4.01. The molecule has 1 aromatic carbocycles. The van der Waals surface area contributed by atoms with Gasteiger partial charge in [-0.3, -0.25) is 4.98 Å². The van der Waals surface area contributed by atoms with Crippen molar-refractivity contribution in [1.29, 1.82) is 0 Å². The van der Waals surface area contributed by atoms with Crippen molar-refractivity contribution < 1.29 is 9.84 Å². The predicted octanol–water partition coefficient (Wildman–Crippen LogP) is 1.18. The third-order valence-corrected chi connectivity index (χ3v) is 3.03. The van der Waals surface area contributed by atoms with E-state index in [4.69, 9.17) is 4.74 Å². The van der Waals surface area contributed by atoms with Crippen LogP contribution in [0.4, 0.5) is 0 Å². The van der Waals surface area contributed by atoms with Crippen molar-refractivity contribution in [3.05, 3.63) is 54.0 Å². The van der Waals surface area contributed by atoms with Gasteiger partial charge in [0, 0.05) is 25.0 Å². The van der Waals surface area contributed by atoms with E-state index < -0.39 is 0 Å². The minimum atomic E-state index is -0.0240. The summed E-state index contributed by atoms with van der Waals surface area (Å²) in [5.41, 5.74) is 1.92. The highest BCUT2D eigenvalue weighted by molar-refractivity contribution is 5.18. The summed E-state index contributed by atoms with van der Waals surface area (Å²) in [7, 11) is 1.57. The lowest BCUT2D eigenvalue weighted by Gasteiger charge is -2.16. The lowest BCUT2D eigenvalue weighted by atomic mass is 10.1. The summed E-state index contributed by atoms with van der Waals surface area (Å²) < 4.78 is 5.15. The van der Waals surface area contributed by atoms with E-state index in [0.717, 1.165) is 12.1 Å². The number of aliphatic hydroxyl groups is 1. The Morgan fingerprint density at radius 1 is 1.20 bits per heavy atom. The van der Waals surface area contributed by atoms with Crippen LogP contribution in [-0.2, 0) is 13.0 Å². The summed E-state index contributed by atoms with van der Waals surface area (Å²) in [5, 5.41) is 12.7. The van der Waals surface area contributed by atoms with Crippen molar-refractivity contribution >= 4 is 0 Å². The van der Waals surface area contributed by atoms with E-state index in [0.29, 0.717) is 12.4 Å². The molecule has 106 valence electrons. The number of nitrogens with zero attached hydrogens (tertiary/aromatic N) is 2. The van der Waals surface area contributed by atoms with Crippen LogP contribution in [0.15, 0.2) is 42.7 Å². The minimum Gasteiger partial charge on any atom is -0.480 e. The molecule has 0 unspecified atom stereocenters. The van der Waals surface area contributed by atoms with Crippen molar-refractivity contribution in [2.75, 3.05) is 13.7 Å². The summed E-state index contributed by atoms with van der Waals surface area (Å²) in [6, 6.07) is 10.0. The second-order valence-electron chi connectivity index (χ2n) is 4.46. The lowest BCUT2D eigenvalue weighted by molar-refractivity contribution is 0.239. The molecule has 0 radical (unpaired) electrons. The van der Waals surface area contributed by atoms with E-state index >= 15 is 0 Å². The smallest absolute Gasteiger partial charge is 0.236 e. The van der Waals surface area contributed by atoms with Crippen LogP contribution in [0.2, 0.25) is 0 Å². The molecule has 0 aliphatic carbocycles. The average Bonchev–Trinajstić information content (AvgIpc) is 2.52. The zero-order valence-electron chi connectivity index (χ0n) is 11.5. The van der Waals surface area contributed by atoms with E-state index in [-0.39, 0.29) is 12.6 Å². The van der Waals surface area contributed by atoms with Crippen molar-refractivity contribution in [2.45, 2.75) is 19.0 Å². The van der Waals surface area contributed by atoms with Gasteiger partial charge in [-0.2, -0.15) is 0 Å². The number of rotatable bonds is 7. The summed E-state index contributed by atoms with van der Waals surface area (Å²) in [4.78, 5) is 8.33. The maximum absolute atomic E-state index is 9.46. The number of methoxy groups -OCH3 is 1. The molecule has 0 aliphatic heterocycles. The topological polar surface area (TPSA) is 67.3 Å². The zero-order chi connectivity index (χ0) is 14.2. The number of aromatic nitrogens is 2. The fraction of sp³-hybridized carbons (Fsp3) is 0.333. The van der Waals surface area contributed by atoms with E-state index in [9.17, 15) is 5.11 Å². The molecule has 0 fully saturated rings. The van der Waals surface area contributed by atoms with Crippen LogP contribution in [0.5, 0.6) is 5.88 Å². The van der Waals surface area contributed by atoms with Gasteiger partial charge in [-0.25, -0.2) is 4.98 Å². The Morgan fingerprint density at radius 3 is 2.65 bits per heavy atom. The first kappa shape index (κ1) is 14.4. The highest BCUT2D eigenvalue weighted by Crippen LogP contribution is 2.10. The molecule has 0 spiro atoms. The van der Waals surface area contributed by atoms with Crippen LogP contribution in [-0.4, -0.2) is 34.8 Å². The van der Waals surface area contributed by atoms with Crippen LogP contribution in [0.3, 0.4) is 0 Å². The molecule has 0 bridgehead atoms. The van der Waals surface area contributed by atoms with Gasteiger partial charge in [0.1, 0.15) is 5.69 Å². The molecule has 0 saturated heterocycles. The molecule has 2 rings (SSSR count). The molecular formula is C15H19N3O2. The molecular weight excluding hydrogens is 254 g/mol. The number of hydrogen-bond donors (Lipinski definition) is 2. The van der Waals surface area contributed by atoms with E-state index in [1.54, 1.807) is 19.5 Å². The fourth-order valence-corrected chi connectivity index (χ4v) is 1.99. The molecule has 1 atom stereocenters. The normalized spacial score (nSPS) is 12.1. The van der Waals surface area contributed by atoms with Gasteiger partial charge in [-0.1, -0.05) is 30.3 Å². The number of benzene rings is 1. The monoisotopic (exact) mass is 273 g/mol. The van der Waals surface area contributed by atoms with Crippen molar-refractivity contribution in [3.8, 4) is 5.88 Å². The first-order valence-electron chi connectivity index (χ1n) is 6.55. The first-order valence-corrected chi connectivity index (χ1v) is 6.55. The molecule has 2 N–H and O–H groups in total. The van der Waals surface area contributed by atoms with E-state index in [2.05, 4.69) is 15.3 Å². The van der Waals surface area contributed by atoms with Gasteiger partial charge in [0.2, 0.25) is 5.88 Å². The Bertz CT molecular complexity index is 520. The van der Waals surface area contributed by atoms with E-state index in [1.807, 2.05) is 30.3 Å². The number of hydrogen-bond acceptors (Lipinski definition) is 5. The largest absolute Gasteiger partial charge is 0.480 e. The number of nitrogens with one attached hydrogen (secondary N) is 1. The molecule has 5 nitrogen and oxygen atoms in total. The second-order valence-corrected chi connectivity index (χ2v) is 4.46. The zero-order valence-corrected chi connectivity index (χ0v) is 11.5. The molecule has 0 amide bonds. The van der Waals surface area contributed by atoms with Gasteiger partial charge < -0.3 is 15.2 Å².